The summed E-state index contributed by atoms with van der Waals surface area (Å²) < 4.78 is 0. The molecule has 0 bridgehead atoms. The van der Waals surface area contributed by atoms with Crippen molar-refractivity contribution < 1.29 is 4.79 Å². The van der Waals surface area contributed by atoms with E-state index in [1.54, 1.807) is 14.1 Å². The van der Waals surface area contributed by atoms with E-state index in [9.17, 15) is 4.79 Å². The molecular formula is C15H23N3O. The van der Waals surface area contributed by atoms with Crippen molar-refractivity contribution in [3.05, 3.63) is 48.0 Å². The van der Waals surface area contributed by atoms with E-state index < -0.39 is 0 Å². The third-order valence-corrected chi connectivity index (χ3v) is 3.07. The molecular weight excluding hydrogens is 238 g/mol. The molecule has 2 amide bonds. The predicted octanol–water partition coefficient (Wildman–Crippen LogP) is 2.29. The number of hydrogen-bond donors (Lipinski definition) is 2. The van der Waals surface area contributed by atoms with Crippen LogP contribution < -0.4 is 11.1 Å². The van der Waals surface area contributed by atoms with Crippen molar-refractivity contribution in [2.45, 2.75) is 25.4 Å². The van der Waals surface area contributed by atoms with Crippen LogP contribution >= 0.6 is 0 Å². The van der Waals surface area contributed by atoms with E-state index in [0.29, 0.717) is 6.42 Å². The number of nitrogens with zero attached hydrogens (tertiary/aromatic N) is 1. The number of rotatable bonds is 5. The molecule has 0 aliphatic carbocycles. The Hall–Kier alpha value is -1.81. The Kier molecular flexibility index (Phi) is 5.57. The molecule has 3 N–H and O–H groups in total. The van der Waals surface area contributed by atoms with E-state index in [2.05, 4.69) is 11.9 Å². The number of urea groups is 1. The smallest absolute Gasteiger partial charge is 0.317 e. The first-order chi connectivity index (χ1) is 8.91. The molecule has 4 nitrogen and oxygen atoms in total. The lowest BCUT2D eigenvalue weighted by Gasteiger charge is -2.22. The minimum Gasteiger partial charge on any atom is -0.332 e. The zero-order chi connectivity index (χ0) is 14.4. The lowest BCUT2D eigenvalue weighted by atomic mass is 9.97. The van der Waals surface area contributed by atoms with E-state index in [-0.39, 0.29) is 18.1 Å². The number of hydrogen-bond acceptors (Lipinski definition) is 2. The third kappa shape index (κ3) is 4.75. The van der Waals surface area contributed by atoms with Gasteiger partial charge in [-0.05, 0) is 18.9 Å². The summed E-state index contributed by atoms with van der Waals surface area (Å²) in [6, 6.07) is 9.59. The van der Waals surface area contributed by atoms with Gasteiger partial charge in [-0.15, -0.1) is 0 Å². The fraction of sp³-hybridized carbons (Fsp3) is 0.400. The van der Waals surface area contributed by atoms with Crippen LogP contribution in [0.1, 0.15) is 24.9 Å². The van der Waals surface area contributed by atoms with Gasteiger partial charge in [0.2, 0.25) is 0 Å². The van der Waals surface area contributed by atoms with E-state index in [1.807, 2.05) is 37.3 Å². The second-order valence-corrected chi connectivity index (χ2v) is 4.95. The van der Waals surface area contributed by atoms with Gasteiger partial charge >= 0.3 is 6.03 Å². The number of carbonyl (C=O) groups is 1. The molecule has 19 heavy (non-hydrogen) atoms. The molecule has 0 aromatic heterocycles. The number of carbonyl (C=O) groups excluding carboxylic acids is 1. The molecule has 1 aromatic carbocycles. The molecule has 0 aliphatic rings. The molecule has 0 fully saturated rings. The zero-order valence-corrected chi connectivity index (χ0v) is 11.9. The van der Waals surface area contributed by atoms with Crippen LogP contribution in [0.4, 0.5) is 4.79 Å². The number of nitrogens with two attached hydrogens (primary N) is 1. The van der Waals surface area contributed by atoms with Gasteiger partial charge in [0.05, 0.1) is 0 Å². The fourth-order valence-corrected chi connectivity index (χ4v) is 1.69. The molecule has 4 heteroatoms. The van der Waals surface area contributed by atoms with Crippen molar-refractivity contribution in [3.8, 4) is 0 Å². The lowest BCUT2D eigenvalue weighted by Crippen LogP contribution is -2.41. The van der Waals surface area contributed by atoms with Crippen molar-refractivity contribution >= 4 is 6.03 Å². The van der Waals surface area contributed by atoms with Gasteiger partial charge in [0.15, 0.2) is 0 Å². The van der Waals surface area contributed by atoms with Crippen LogP contribution in [0, 0.1) is 0 Å². The van der Waals surface area contributed by atoms with E-state index in [1.165, 1.54) is 4.90 Å². The lowest BCUT2D eigenvalue weighted by molar-refractivity contribution is 0.215. The molecule has 2 atom stereocenters. The van der Waals surface area contributed by atoms with Crippen LogP contribution in [0.25, 0.3) is 0 Å². The molecule has 104 valence electrons. The number of benzene rings is 1. The van der Waals surface area contributed by atoms with Crippen LogP contribution in [-0.2, 0) is 0 Å². The average molecular weight is 261 g/mol. The number of amides is 2. The van der Waals surface area contributed by atoms with Gasteiger partial charge in [0.25, 0.3) is 0 Å². The molecule has 0 spiro atoms. The summed E-state index contributed by atoms with van der Waals surface area (Å²) in [5.41, 5.74) is 8.14. The highest BCUT2D eigenvalue weighted by atomic mass is 16.2. The topological polar surface area (TPSA) is 58.4 Å². The Labute approximate surface area is 115 Å². The molecule has 0 saturated carbocycles. The largest absolute Gasteiger partial charge is 0.332 e. The van der Waals surface area contributed by atoms with Gasteiger partial charge in [0.1, 0.15) is 0 Å². The first-order valence-electron chi connectivity index (χ1n) is 6.37. The summed E-state index contributed by atoms with van der Waals surface area (Å²) in [5, 5.41) is 2.87. The Balaban J connectivity index is 2.53. The van der Waals surface area contributed by atoms with Crippen molar-refractivity contribution in [2.24, 2.45) is 5.73 Å². The second-order valence-electron chi connectivity index (χ2n) is 4.95. The van der Waals surface area contributed by atoms with Crippen molar-refractivity contribution in [3.63, 3.8) is 0 Å². The highest BCUT2D eigenvalue weighted by molar-refractivity contribution is 5.74. The third-order valence-electron chi connectivity index (χ3n) is 3.07. The summed E-state index contributed by atoms with van der Waals surface area (Å²) in [6.07, 6.45) is 0.652. The van der Waals surface area contributed by atoms with E-state index in [4.69, 9.17) is 5.73 Å². The minimum atomic E-state index is -0.123. The van der Waals surface area contributed by atoms with E-state index in [0.717, 1.165) is 11.1 Å². The van der Waals surface area contributed by atoms with Gasteiger partial charge in [-0.1, -0.05) is 42.5 Å². The molecule has 0 unspecified atom stereocenters. The van der Waals surface area contributed by atoms with Crippen LogP contribution in [0.5, 0.6) is 0 Å². The molecule has 1 rings (SSSR count). The maximum Gasteiger partial charge on any atom is 0.317 e. The highest BCUT2D eigenvalue weighted by Crippen LogP contribution is 2.19. The van der Waals surface area contributed by atoms with Gasteiger partial charge in [0, 0.05) is 26.2 Å². The summed E-state index contributed by atoms with van der Waals surface area (Å²) in [5.74, 6) is 0. The van der Waals surface area contributed by atoms with Crippen LogP contribution in [0.2, 0.25) is 0 Å². The Morgan fingerprint density at radius 2 is 1.95 bits per heavy atom. The van der Waals surface area contributed by atoms with Crippen molar-refractivity contribution in [1.29, 1.82) is 0 Å². The van der Waals surface area contributed by atoms with Gasteiger partial charge in [-0.3, -0.25) is 0 Å². The molecule has 0 saturated heterocycles. The SMILES string of the molecule is C=C(C[C@H](N)c1ccccc1)[C@@H](C)NC(=O)N(C)C. The zero-order valence-electron chi connectivity index (χ0n) is 11.9. The van der Waals surface area contributed by atoms with Gasteiger partial charge in [-0.2, -0.15) is 0 Å². The van der Waals surface area contributed by atoms with Crippen LogP contribution in [0.3, 0.4) is 0 Å². The summed E-state index contributed by atoms with van der Waals surface area (Å²) in [4.78, 5) is 13.1. The second kappa shape index (κ2) is 6.95. The van der Waals surface area contributed by atoms with Crippen LogP contribution in [0.15, 0.2) is 42.5 Å². The molecule has 1 aromatic rings. The fourth-order valence-electron chi connectivity index (χ4n) is 1.69. The average Bonchev–Trinajstić information content (AvgIpc) is 2.39. The maximum absolute atomic E-state index is 11.6. The van der Waals surface area contributed by atoms with Gasteiger partial charge in [-0.25, -0.2) is 4.79 Å². The summed E-state index contributed by atoms with van der Waals surface area (Å²) >= 11 is 0. The normalized spacial score (nSPS) is 13.5. The standard InChI is InChI=1S/C15H23N3O/c1-11(12(2)17-15(19)18(3)4)10-14(16)13-8-6-5-7-9-13/h5-9,12,14H,1,10,16H2,2-4H3,(H,17,19)/t12-,14+/m1/s1. The van der Waals surface area contributed by atoms with Crippen LogP contribution in [-0.4, -0.2) is 31.1 Å². The molecule has 0 radical (unpaired) electrons. The Morgan fingerprint density at radius 1 is 1.37 bits per heavy atom. The Bertz CT molecular complexity index is 428. The van der Waals surface area contributed by atoms with Crippen molar-refractivity contribution in [2.75, 3.05) is 14.1 Å². The first kappa shape index (κ1) is 15.2. The highest BCUT2D eigenvalue weighted by Gasteiger charge is 2.15. The van der Waals surface area contributed by atoms with Gasteiger partial charge < -0.3 is 16.0 Å². The van der Waals surface area contributed by atoms with E-state index >= 15 is 0 Å². The van der Waals surface area contributed by atoms with Crippen molar-refractivity contribution in [1.82, 2.24) is 10.2 Å². The summed E-state index contributed by atoms with van der Waals surface area (Å²) in [6.45, 7) is 5.94. The monoisotopic (exact) mass is 261 g/mol. The first-order valence-corrected chi connectivity index (χ1v) is 6.37. The predicted molar refractivity (Wildman–Crippen MR) is 78.8 cm³/mol. The number of nitrogens with one attached hydrogen (secondary N) is 1. The quantitative estimate of drug-likeness (QED) is 0.799. The maximum atomic E-state index is 11.6. The molecule has 0 aliphatic heterocycles. The Morgan fingerprint density at radius 3 is 2.47 bits per heavy atom. The summed E-state index contributed by atoms with van der Waals surface area (Å²) in [7, 11) is 3.42. The minimum absolute atomic E-state index is 0.0904. The molecule has 0 heterocycles.